The van der Waals surface area contributed by atoms with E-state index in [9.17, 15) is 9.59 Å². The van der Waals surface area contributed by atoms with E-state index >= 15 is 0 Å². The molecule has 2 N–H and O–H groups in total. The van der Waals surface area contributed by atoms with E-state index in [1.54, 1.807) is 13.1 Å². The molecule has 1 aromatic heterocycles. The highest BCUT2D eigenvalue weighted by molar-refractivity contribution is 8.00. The maximum absolute atomic E-state index is 12.0. The monoisotopic (exact) mass is 346 g/mol. The molecule has 0 aliphatic heterocycles. The third-order valence-electron chi connectivity index (χ3n) is 3.56. The van der Waals surface area contributed by atoms with Crippen molar-refractivity contribution in [2.75, 3.05) is 7.05 Å². The minimum absolute atomic E-state index is 0.357. The van der Waals surface area contributed by atoms with Gasteiger partial charge in [0.1, 0.15) is 0 Å². The molecule has 7 heteroatoms. The van der Waals surface area contributed by atoms with Gasteiger partial charge >= 0.3 is 6.03 Å². The van der Waals surface area contributed by atoms with Gasteiger partial charge in [0, 0.05) is 25.1 Å². The van der Waals surface area contributed by atoms with Crippen molar-refractivity contribution in [3.05, 3.63) is 42.2 Å². The third-order valence-corrected chi connectivity index (χ3v) is 4.64. The summed E-state index contributed by atoms with van der Waals surface area (Å²) in [6.45, 7) is 6.05. The summed E-state index contributed by atoms with van der Waals surface area (Å²) in [5.74, 6) is 0.119. The van der Waals surface area contributed by atoms with Crippen LogP contribution in [0.2, 0.25) is 0 Å². The summed E-state index contributed by atoms with van der Waals surface area (Å²) in [7, 11) is 1.47. The van der Waals surface area contributed by atoms with E-state index in [1.807, 2.05) is 22.9 Å². The summed E-state index contributed by atoms with van der Waals surface area (Å²) < 4.78 is 1.93. The van der Waals surface area contributed by atoms with Gasteiger partial charge in [-0.1, -0.05) is 37.7 Å². The van der Waals surface area contributed by atoms with Crippen molar-refractivity contribution in [1.29, 1.82) is 0 Å². The molecule has 0 saturated heterocycles. The summed E-state index contributed by atoms with van der Waals surface area (Å²) in [6, 6.07) is 7.75. The molecule has 6 nitrogen and oxygen atoms in total. The molecule has 128 valence electrons. The van der Waals surface area contributed by atoms with Crippen molar-refractivity contribution in [2.24, 2.45) is 0 Å². The van der Waals surface area contributed by atoms with Gasteiger partial charge in [-0.05, 0) is 30.5 Å². The average Bonchev–Trinajstić information content (AvgIpc) is 3.02. The molecular weight excluding hydrogens is 324 g/mol. The van der Waals surface area contributed by atoms with Gasteiger partial charge < -0.3 is 5.32 Å². The number of imide groups is 1. The van der Waals surface area contributed by atoms with E-state index in [0.29, 0.717) is 11.1 Å². The zero-order valence-electron chi connectivity index (χ0n) is 14.2. The maximum atomic E-state index is 12.0. The Kier molecular flexibility index (Phi) is 6.03. The number of carbonyl (C=O) groups excluding carboxylic acids is 2. The first kappa shape index (κ1) is 18.1. The van der Waals surface area contributed by atoms with Crippen molar-refractivity contribution in [2.45, 2.75) is 37.1 Å². The fourth-order valence-corrected chi connectivity index (χ4v) is 2.96. The lowest BCUT2D eigenvalue weighted by Gasteiger charge is -2.13. The number of imidazole rings is 1. The van der Waals surface area contributed by atoms with Crippen LogP contribution in [-0.4, -0.2) is 33.8 Å². The van der Waals surface area contributed by atoms with Gasteiger partial charge in [0.05, 0.1) is 5.25 Å². The van der Waals surface area contributed by atoms with E-state index in [4.69, 9.17) is 0 Å². The first-order valence-electron chi connectivity index (χ1n) is 7.75. The molecule has 0 fully saturated rings. The molecule has 1 heterocycles. The zero-order chi connectivity index (χ0) is 17.7. The Hall–Kier alpha value is -2.28. The number of carbonyl (C=O) groups is 2. The SMILES string of the molecule is CNC(=O)NC(=O)[C@H](C)Sc1nccn1-c1ccc(C(C)C)cc1. The van der Waals surface area contributed by atoms with Crippen LogP contribution in [0.5, 0.6) is 0 Å². The van der Waals surface area contributed by atoms with Crippen LogP contribution in [0.25, 0.3) is 5.69 Å². The van der Waals surface area contributed by atoms with Crippen LogP contribution in [0.1, 0.15) is 32.3 Å². The second-order valence-corrected chi connectivity index (χ2v) is 6.96. The smallest absolute Gasteiger partial charge is 0.321 e. The molecule has 0 aliphatic rings. The molecule has 0 aliphatic carbocycles. The number of nitrogens with one attached hydrogen (secondary N) is 2. The minimum Gasteiger partial charge on any atom is -0.341 e. The van der Waals surface area contributed by atoms with Crippen LogP contribution < -0.4 is 10.6 Å². The lowest BCUT2D eigenvalue weighted by atomic mass is 10.0. The number of hydrogen-bond acceptors (Lipinski definition) is 4. The minimum atomic E-state index is -0.514. The lowest BCUT2D eigenvalue weighted by Crippen LogP contribution is -2.41. The molecule has 1 atom stereocenters. The van der Waals surface area contributed by atoms with E-state index < -0.39 is 11.3 Å². The summed E-state index contributed by atoms with van der Waals surface area (Å²) >= 11 is 1.30. The Labute approximate surface area is 146 Å². The molecule has 3 amide bonds. The zero-order valence-corrected chi connectivity index (χ0v) is 15.1. The molecule has 0 radical (unpaired) electrons. The number of amides is 3. The van der Waals surface area contributed by atoms with E-state index in [0.717, 1.165) is 5.69 Å². The Balaban J connectivity index is 2.12. The topological polar surface area (TPSA) is 76.0 Å². The van der Waals surface area contributed by atoms with Gasteiger partial charge in [-0.25, -0.2) is 9.78 Å². The average molecular weight is 346 g/mol. The van der Waals surface area contributed by atoms with Crippen LogP contribution in [-0.2, 0) is 4.79 Å². The maximum Gasteiger partial charge on any atom is 0.321 e. The van der Waals surface area contributed by atoms with Crippen LogP contribution >= 0.6 is 11.8 Å². The summed E-state index contributed by atoms with van der Waals surface area (Å²) in [6.07, 6.45) is 3.55. The van der Waals surface area contributed by atoms with Crippen LogP contribution in [0.15, 0.2) is 41.8 Å². The molecule has 0 bridgehead atoms. The van der Waals surface area contributed by atoms with E-state index in [-0.39, 0.29) is 5.91 Å². The van der Waals surface area contributed by atoms with Crippen molar-refractivity contribution in [1.82, 2.24) is 20.2 Å². The van der Waals surface area contributed by atoms with Gasteiger partial charge in [0.15, 0.2) is 5.16 Å². The molecular formula is C17H22N4O2S. The van der Waals surface area contributed by atoms with Gasteiger partial charge in [-0.2, -0.15) is 0 Å². The van der Waals surface area contributed by atoms with Crippen molar-refractivity contribution in [3.63, 3.8) is 0 Å². The van der Waals surface area contributed by atoms with Gasteiger partial charge in [-0.3, -0.25) is 14.7 Å². The standard InChI is InChI=1S/C17H22N4O2S/c1-11(2)13-5-7-14(8-6-13)21-10-9-19-17(21)24-12(3)15(22)20-16(23)18-4/h5-12H,1-4H3,(H2,18,20,22,23)/t12-/m0/s1. The molecule has 2 aromatic rings. The first-order chi connectivity index (χ1) is 11.4. The highest BCUT2D eigenvalue weighted by Crippen LogP contribution is 2.25. The van der Waals surface area contributed by atoms with Crippen LogP contribution in [0.4, 0.5) is 4.79 Å². The number of aromatic nitrogens is 2. The molecule has 0 spiro atoms. The highest BCUT2D eigenvalue weighted by Gasteiger charge is 2.19. The number of benzene rings is 1. The highest BCUT2D eigenvalue weighted by atomic mass is 32.2. The Bertz CT molecular complexity index is 710. The molecule has 0 unspecified atom stereocenters. The number of hydrogen-bond donors (Lipinski definition) is 2. The van der Waals surface area contributed by atoms with Gasteiger partial charge in [-0.15, -0.1) is 0 Å². The lowest BCUT2D eigenvalue weighted by molar-refractivity contribution is -0.119. The summed E-state index contributed by atoms with van der Waals surface area (Å²) in [5, 5.41) is 4.89. The van der Waals surface area contributed by atoms with Gasteiger partial charge in [0.2, 0.25) is 5.91 Å². The molecule has 0 saturated carbocycles. The van der Waals surface area contributed by atoms with Crippen molar-refractivity contribution in [3.8, 4) is 5.69 Å². The number of rotatable bonds is 5. The first-order valence-corrected chi connectivity index (χ1v) is 8.63. The van der Waals surface area contributed by atoms with E-state index in [2.05, 4.69) is 41.6 Å². The quantitative estimate of drug-likeness (QED) is 0.816. The summed E-state index contributed by atoms with van der Waals surface area (Å²) in [4.78, 5) is 27.5. The Morgan fingerprint density at radius 2 is 1.83 bits per heavy atom. The Morgan fingerprint density at radius 1 is 1.17 bits per heavy atom. The molecule has 24 heavy (non-hydrogen) atoms. The predicted molar refractivity (Wildman–Crippen MR) is 95.6 cm³/mol. The fraction of sp³-hybridized carbons (Fsp3) is 0.353. The third kappa shape index (κ3) is 4.38. The fourth-order valence-electron chi connectivity index (χ4n) is 2.08. The molecule has 1 aromatic carbocycles. The van der Waals surface area contributed by atoms with Crippen molar-refractivity contribution >= 4 is 23.7 Å². The second-order valence-electron chi connectivity index (χ2n) is 5.65. The number of urea groups is 1. The van der Waals surface area contributed by atoms with Crippen LogP contribution in [0, 0.1) is 0 Å². The second kappa shape index (κ2) is 8.01. The van der Waals surface area contributed by atoms with Crippen LogP contribution in [0.3, 0.4) is 0 Å². The van der Waals surface area contributed by atoms with Crippen molar-refractivity contribution < 1.29 is 9.59 Å². The molecule has 2 rings (SSSR count). The van der Waals surface area contributed by atoms with E-state index in [1.165, 1.54) is 24.4 Å². The normalized spacial score (nSPS) is 12.0. The number of thioether (sulfide) groups is 1. The predicted octanol–water partition coefficient (Wildman–Crippen LogP) is 2.93. The van der Waals surface area contributed by atoms with Gasteiger partial charge in [0.25, 0.3) is 0 Å². The summed E-state index contributed by atoms with van der Waals surface area (Å²) in [5.41, 5.74) is 2.25. The largest absolute Gasteiger partial charge is 0.341 e. The Morgan fingerprint density at radius 3 is 2.42 bits per heavy atom. The number of nitrogens with zero attached hydrogens (tertiary/aromatic N) is 2.